The first-order valence-electron chi connectivity index (χ1n) is 13.1. The van der Waals surface area contributed by atoms with Crippen molar-refractivity contribution in [3.8, 4) is 0 Å². The van der Waals surface area contributed by atoms with E-state index in [1.165, 1.54) is 98.1 Å². The number of hydrogen-bond acceptors (Lipinski definition) is 14. The normalized spacial score (nSPS) is 20.7. The van der Waals surface area contributed by atoms with Crippen LogP contribution in [0, 0.1) is 0 Å². The monoisotopic (exact) mass is 600 g/mol. The molecular formula is C30H24N4O10. The molecule has 1 N–H and O–H groups in total. The van der Waals surface area contributed by atoms with Gasteiger partial charge in [-0.1, -0.05) is 0 Å². The summed E-state index contributed by atoms with van der Waals surface area (Å²) < 4.78 is 27.8. The van der Waals surface area contributed by atoms with E-state index in [2.05, 4.69) is 19.9 Å². The zero-order valence-electron chi connectivity index (χ0n) is 22.8. The first kappa shape index (κ1) is 29.9. The maximum Gasteiger partial charge on any atom is 0.340 e. The minimum absolute atomic E-state index is 0.00555. The number of nitrogens with zero attached hydrogens (tertiary/aromatic N) is 4. The van der Waals surface area contributed by atoms with E-state index in [0.29, 0.717) is 0 Å². The van der Waals surface area contributed by atoms with Crippen molar-refractivity contribution in [2.45, 2.75) is 24.1 Å². The first-order valence-corrected chi connectivity index (χ1v) is 13.1. The summed E-state index contributed by atoms with van der Waals surface area (Å²) in [6.07, 6.45) is 6.08. The highest BCUT2D eigenvalue weighted by Crippen LogP contribution is 2.36. The quantitative estimate of drug-likeness (QED) is 0.205. The maximum atomic E-state index is 13.1. The minimum atomic E-state index is -2.57. The second-order valence-corrected chi connectivity index (χ2v) is 9.34. The van der Waals surface area contributed by atoms with Gasteiger partial charge in [0.05, 0.1) is 22.3 Å². The van der Waals surface area contributed by atoms with Gasteiger partial charge in [0.1, 0.15) is 19.3 Å². The molecule has 1 fully saturated rings. The van der Waals surface area contributed by atoms with Gasteiger partial charge in [-0.05, 0) is 48.5 Å². The highest BCUT2D eigenvalue weighted by molar-refractivity contribution is 5.91. The molecule has 5 rings (SSSR count). The summed E-state index contributed by atoms with van der Waals surface area (Å²) in [5.74, 6) is -6.10. The molecule has 14 nitrogen and oxygen atoms in total. The van der Waals surface area contributed by atoms with Crippen molar-refractivity contribution in [2.24, 2.45) is 0 Å². The molecule has 0 amide bonds. The maximum absolute atomic E-state index is 13.1. The van der Waals surface area contributed by atoms with Crippen molar-refractivity contribution in [2.75, 3.05) is 13.2 Å². The van der Waals surface area contributed by atoms with Crippen LogP contribution in [0.25, 0.3) is 0 Å². The molecule has 4 atom stereocenters. The average Bonchev–Trinajstić information content (AvgIpc) is 3.33. The van der Waals surface area contributed by atoms with E-state index >= 15 is 0 Å². The Kier molecular flexibility index (Phi) is 9.22. The topological polar surface area (TPSA) is 186 Å². The molecule has 0 saturated carbocycles. The summed E-state index contributed by atoms with van der Waals surface area (Å²) in [6.45, 7) is -1.45. The number of carbonyl (C=O) groups excluding carboxylic acids is 4. The highest BCUT2D eigenvalue weighted by Gasteiger charge is 2.60. The van der Waals surface area contributed by atoms with Crippen LogP contribution >= 0.6 is 0 Å². The molecule has 224 valence electrons. The Labute approximate surface area is 249 Å². The fraction of sp³-hybridized carbons (Fsp3) is 0.200. The molecule has 1 aliphatic rings. The molecule has 1 aliphatic heterocycles. The van der Waals surface area contributed by atoms with Gasteiger partial charge in [0.15, 0.2) is 12.2 Å². The summed E-state index contributed by atoms with van der Waals surface area (Å²) >= 11 is 0. The second-order valence-electron chi connectivity index (χ2n) is 9.34. The van der Waals surface area contributed by atoms with Crippen molar-refractivity contribution in [3.05, 3.63) is 120 Å². The number of rotatable bonds is 10. The Bertz CT molecular complexity index is 1600. The van der Waals surface area contributed by atoms with Gasteiger partial charge in [-0.3, -0.25) is 19.9 Å². The third-order valence-corrected chi connectivity index (χ3v) is 6.32. The Morgan fingerprint density at radius 2 is 1.09 bits per heavy atom. The number of esters is 4. The molecule has 0 radical (unpaired) electrons. The smallest absolute Gasteiger partial charge is 0.340 e. The van der Waals surface area contributed by atoms with Gasteiger partial charge >= 0.3 is 23.9 Å². The van der Waals surface area contributed by atoms with Crippen molar-refractivity contribution in [3.63, 3.8) is 0 Å². The van der Waals surface area contributed by atoms with Gasteiger partial charge in [-0.25, -0.2) is 19.2 Å². The number of hydrogen-bond donors (Lipinski definition) is 1. The predicted molar refractivity (Wildman–Crippen MR) is 146 cm³/mol. The Balaban J connectivity index is 1.44. The Morgan fingerprint density at radius 3 is 1.55 bits per heavy atom. The minimum Gasteiger partial charge on any atom is -0.459 e. The Morgan fingerprint density at radius 1 is 0.659 bits per heavy atom. The average molecular weight is 601 g/mol. The van der Waals surface area contributed by atoms with Crippen LogP contribution in [0.5, 0.6) is 0 Å². The zero-order chi connectivity index (χ0) is 30.9. The molecule has 1 saturated heterocycles. The van der Waals surface area contributed by atoms with E-state index in [-0.39, 0.29) is 22.3 Å². The largest absolute Gasteiger partial charge is 0.459 e. The van der Waals surface area contributed by atoms with Crippen molar-refractivity contribution >= 4 is 23.9 Å². The molecule has 5 heterocycles. The lowest BCUT2D eigenvalue weighted by molar-refractivity contribution is -0.247. The molecule has 44 heavy (non-hydrogen) atoms. The molecule has 0 bridgehead atoms. The SMILES string of the molecule is O=C(OC[C@@H]1O[C@@](O)(COC(=O)c2cccnc2)[C@@H](OC(=O)c2cccnc2)[C@@H]1OC(=O)c1cccnc1)c1cccnc1. The van der Waals surface area contributed by atoms with Crippen LogP contribution in [-0.4, -0.2) is 86.2 Å². The summed E-state index contributed by atoms with van der Waals surface area (Å²) in [7, 11) is 0. The van der Waals surface area contributed by atoms with Gasteiger partial charge in [0.25, 0.3) is 0 Å². The fourth-order valence-electron chi connectivity index (χ4n) is 4.19. The molecule has 14 heteroatoms. The lowest BCUT2D eigenvalue weighted by Gasteiger charge is -2.29. The van der Waals surface area contributed by atoms with Crippen LogP contribution in [0.2, 0.25) is 0 Å². The van der Waals surface area contributed by atoms with E-state index < -0.39 is 61.2 Å². The summed E-state index contributed by atoms with van der Waals surface area (Å²) in [5.41, 5.74) is 0.231. The summed E-state index contributed by atoms with van der Waals surface area (Å²) in [5, 5.41) is 11.7. The van der Waals surface area contributed by atoms with Crippen LogP contribution in [0.1, 0.15) is 41.4 Å². The number of pyridine rings is 4. The van der Waals surface area contributed by atoms with Crippen LogP contribution in [-0.2, 0) is 23.7 Å². The lowest BCUT2D eigenvalue weighted by atomic mass is 10.0. The molecule has 4 aromatic rings. The van der Waals surface area contributed by atoms with Gasteiger partial charge in [-0.2, -0.15) is 0 Å². The van der Waals surface area contributed by atoms with Crippen LogP contribution in [0.15, 0.2) is 98.1 Å². The molecular weight excluding hydrogens is 576 g/mol. The van der Waals surface area contributed by atoms with Gasteiger partial charge in [0, 0.05) is 49.6 Å². The third kappa shape index (κ3) is 7.06. The summed E-state index contributed by atoms with van der Waals surface area (Å²) in [6, 6.07) is 11.8. The Hall–Kier alpha value is -5.60. The predicted octanol–water partition coefficient (Wildman–Crippen LogP) is 1.82. The molecule has 0 aromatic carbocycles. The van der Waals surface area contributed by atoms with Crippen LogP contribution in [0.4, 0.5) is 0 Å². The summed E-state index contributed by atoms with van der Waals surface area (Å²) in [4.78, 5) is 67.1. The zero-order valence-corrected chi connectivity index (χ0v) is 22.8. The van der Waals surface area contributed by atoms with Gasteiger partial charge in [-0.15, -0.1) is 0 Å². The van der Waals surface area contributed by atoms with E-state index in [4.69, 9.17) is 23.7 Å². The standard InChI is InChI=1S/C30H24N4O10/c35-26(19-5-1-9-31-13-19)40-17-23-24(42-28(37)21-7-3-11-33-15-21)25(43-29(38)22-8-4-12-34-16-22)30(39,44-23)18-41-27(36)20-6-2-10-32-14-20/h1-16,23-25,39H,17-18H2/t23-,24+,25-,30-/m0/s1. The highest BCUT2D eigenvalue weighted by atomic mass is 16.7. The number of ether oxygens (including phenoxy) is 5. The number of carbonyl (C=O) groups is 4. The fourth-order valence-corrected chi connectivity index (χ4v) is 4.19. The molecule has 0 aliphatic carbocycles. The first-order chi connectivity index (χ1) is 21.3. The van der Waals surface area contributed by atoms with Crippen molar-refractivity contribution in [1.82, 2.24) is 19.9 Å². The second kappa shape index (κ2) is 13.6. The number of aromatic nitrogens is 4. The number of aliphatic hydroxyl groups is 1. The molecule has 0 unspecified atom stereocenters. The lowest BCUT2D eigenvalue weighted by Crippen LogP contribution is -2.51. The van der Waals surface area contributed by atoms with Crippen molar-refractivity contribution < 1.29 is 48.0 Å². The van der Waals surface area contributed by atoms with E-state index in [9.17, 15) is 24.3 Å². The van der Waals surface area contributed by atoms with E-state index in [1.807, 2.05) is 0 Å². The van der Waals surface area contributed by atoms with Crippen molar-refractivity contribution in [1.29, 1.82) is 0 Å². The van der Waals surface area contributed by atoms with E-state index in [0.717, 1.165) is 0 Å². The molecule has 4 aromatic heterocycles. The van der Waals surface area contributed by atoms with Crippen LogP contribution < -0.4 is 0 Å². The van der Waals surface area contributed by atoms with Crippen LogP contribution in [0.3, 0.4) is 0 Å². The molecule has 0 spiro atoms. The van der Waals surface area contributed by atoms with Gasteiger partial charge < -0.3 is 28.8 Å². The third-order valence-electron chi connectivity index (χ3n) is 6.32. The van der Waals surface area contributed by atoms with Gasteiger partial charge in [0.2, 0.25) is 5.79 Å². The van der Waals surface area contributed by atoms with E-state index in [1.54, 1.807) is 0 Å².